The van der Waals surface area contributed by atoms with Crippen LogP contribution in [0, 0.1) is 5.41 Å². The highest BCUT2D eigenvalue weighted by Crippen LogP contribution is 2.18. The SMILES string of the molecule is C=c1ccc(CC(C)(C)C)c/c1=C/C. The van der Waals surface area contributed by atoms with Gasteiger partial charge in [-0.1, -0.05) is 51.6 Å². The molecule has 0 spiro atoms. The van der Waals surface area contributed by atoms with Crippen molar-refractivity contribution in [2.45, 2.75) is 34.1 Å². The molecule has 0 unspecified atom stereocenters. The van der Waals surface area contributed by atoms with Gasteiger partial charge in [0.2, 0.25) is 0 Å². The molecular formula is C14H20. The predicted molar refractivity (Wildman–Crippen MR) is 64.5 cm³/mol. The van der Waals surface area contributed by atoms with Gasteiger partial charge in [0.25, 0.3) is 0 Å². The van der Waals surface area contributed by atoms with Crippen LogP contribution in [-0.2, 0) is 6.42 Å². The molecule has 0 bridgehead atoms. The Hall–Kier alpha value is -1.04. The van der Waals surface area contributed by atoms with E-state index in [0.29, 0.717) is 5.41 Å². The number of hydrogen-bond acceptors (Lipinski definition) is 0. The van der Waals surface area contributed by atoms with Gasteiger partial charge in [0.1, 0.15) is 0 Å². The van der Waals surface area contributed by atoms with Crippen molar-refractivity contribution >= 4 is 12.7 Å². The second kappa shape index (κ2) is 4.00. The molecule has 0 amide bonds. The van der Waals surface area contributed by atoms with E-state index in [1.54, 1.807) is 0 Å². The molecule has 0 aliphatic rings. The summed E-state index contributed by atoms with van der Waals surface area (Å²) in [7, 11) is 0. The lowest BCUT2D eigenvalue weighted by atomic mass is 9.88. The van der Waals surface area contributed by atoms with E-state index >= 15 is 0 Å². The Balaban J connectivity index is 3.09. The minimum absolute atomic E-state index is 0.355. The summed E-state index contributed by atoms with van der Waals surface area (Å²) in [5.41, 5.74) is 1.76. The Morgan fingerprint density at radius 2 is 1.93 bits per heavy atom. The van der Waals surface area contributed by atoms with Gasteiger partial charge >= 0.3 is 0 Å². The third kappa shape index (κ3) is 3.02. The van der Waals surface area contributed by atoms with Crippen LogP contribution in [0.25, 0.3) is 12.7 Å². The fraction of sp³-hybridized carbons (Fsp3) is 0.429. The molecule has 1 aromatic rings. The fourth-order valence-electron chi connectivity index (χ4n) is 1.64. The Labute approximate surface area is 87.0 Å². The van der Waals surface area contributed by atoms with Crippen LogP contribution < -0.4 is 10.4 Å². The highest BCUT2D eigenvalue weighted by molar-refractivity contribution is 5.28. The van der Waals surface area contributed by atoms with Gasteiger partial charge in [-0.05, 0) is 34.8 Å². The first-order valence-corrected chi connectivity index (χ1v) is 5.16. The van der Waals surface area contributed by atoms with E-state index in [1.807, 2.05) is 0 Å². The van der Waals surface area contributed by atoms with E-state index in [1.165, 1.54) is 10.8 Å². The largest absolute Gasteiger partial charge is 0.0912 e. The van der Waals surface area contributed by atoms with Gasteiger partial charge in [0.05, 0.1) is 0 Å². The van der Waals surface area contributed by atoms with E-state index in [4.69, 9.17) is 0 Å². The lowest BCUT2D eigenvalue weighted by Gasteiger charge is -2.17. The van der Waals surface area contributed by atoms with E-state index < -0.39 is 0 Å². The van der Waals surface area contributed by atoms with Crippen molar-refractivity contribution in [1.82, 2.24) is 0 Å². The lowest BCUT2D eigenvalue weighted by molar-refractivity contribution is 0.411. The summed E-state index contributed by atoms with van der Waals surface area (Å²) in [4.78, 5) is 0. The average Bonchev–Trinajstić information content (AvgIpc) is 2.06. The molecule has 0 heteroatoms. The van der Waals surface area contributed by atoms with Crippen molar-refractivity contribution in [3.8, 4) is 0 Å². The Bertz CT molecular complexity index is 405. The molecule has 0 N–H and O–H groups in total. The Morgan fingerprint density at radius 1 is 1.29 bits per heavy atom. The molecule has 76 valence electrons. The maximum atomic E-state index is 4.00. The summed E-state index contributed by atoms with van der Waals surface area (Å²) in [6.45, 7) is 12.9. The van der Waals surface area contributed by atoms with Crippen molar-refractivity contribution in [3.05, 3.63) is 34.2 Å². The smallest absolute Gasteiger partial charge is 0.0230 e. The second-order valence-corrected chi connectivity index (χ2v) is 5.06. The van der Waals surface area contributed by atoms with Crippen LogP contribution in [0.1, 0.15) is 33.3 Å². The first-order chi connectivity index (χ1) is 6.42. The second-order valence-electron chi connectivity index (χ2n) is 5.06. The quantitative estimate of drug-likeness (QED) is 0.635. The van der Waals surface area contributed by atoms with Gasteiger partial charge in [-0.3, -0.25) is 0 Å². The summed E-state index contributed by atoms with van der Waals surface area (Å²) in [5, 5.41) is 2.37. The van der Waals surface area contributed by atoms with Crippen LogP contribution in [0.2, 0.25) is 0 Å². The molecule has 0 aliphatic carbocycles. The Morgan fingerprint density at radius 3 is 2.43 bits per heavy atom. The average molecular weight is 188 g/mol. The van der Waals surface area contributed by atoms with Gasteiger partial charge in [-0.2, -0.15) is 0 Å². The number of rotatable bonds is 1. The molecular weight excluding hydrogens is 168 g/mol. The molecule has 0 nitrogen and oxygen atoms in total. The van der Waals surface area contributed by atoms with Gasteiger partial charge in [-0.15, -0.1) is 0 Å². The van der Waals surface area contributed by atoms with Crippen molar-refractivity contribution < 1.29 is 0 Å². The minimum Gasteiger partial charge on any atom is -0.0912 e. The van der Waals surface area contributed by atoms with Crippen LogP contribution in [0.5, 0.6) is 0 Å². The van der Waals surface area contributed by atoms with Crippen molar-refractivity contribution in [1.29, 1.82) is 0 Å². The van der Waals surface area contributed by atoms with Crippen LogP contribution in [-0.4, -0.2) is 0 Å². The van der Waals surface area contributed by atoms with Crippen LogP contribution in [0.3, 0.4) is 0 Å². The first kappa shape index (κ1) is 11.0. The summed E-state index contributed by atoms with van der Waals surface area (Å²) >= 11 is 0. The molecule has 0 heterocycles. The zero-order valence-electron chi connectivity index (χ0n) is 9.72. The van der Waals surface area contributed by atoms with Crippen molar-refractivity contribution in [3.63, 3.8) is 0 Å². The van der Waals surface area contributed by atoms with Gasteiger partial charge in [0, 0.05) is 0 Å². The summed E-state index contributed by atoms with van der Waals surface area (Å²) in [5.74, 6) is 0. The standard InChI is InChI=1S/C14H20/c1-6-13-9-12(8-7-11(13)2)10-14(3,4)5/h6-9H,2,10H2,1,3-5H3/b13-6-. The maximum absolute atomic E-state index is 4.00. The maximum Gasteiger partial charge on any atom is -0.0230 e. The van der Waals surface area contributed by atoms with E-state index in [2.05, 4.69) is 58.5 Å². The van der Waals surface area contributed by atoms with Gasteiger partial charge < -0.3 is 0 Å². The number of benzene rings is 1. The monoisotopic (exact) mass is 188 g/mol. The van der Waals surface area contributed by atoms with Gasteiger partial charge in [0.15, 0.2) is 0 Å². The molecule has 1 aromatic carbocycles. The molecule has 0 saturated carbocycles. The lowest BCUT2D eigenvalue weighted by Crippen LogP contribution is -2.23. The predicted octanol–water partition coefficient (Wildman–Crippen LogP) is 2.49. The molecule has 0 fully saturated rings. The highest BCUT2D eigenvalue weighted by Gasteiger charge is 2.10. The molecule has 0 atom stereocenters. The third-order valence-electron chi connectivity index (χ3n) is 2.26. The van der Waals surface area contributed by atoms with Crippen molar-refractivity contribution in [2.24, 2.45) is 5.41 Å². The molecule has 0 aromatic heterocycles. The topological polar surface area (TPSA) is 0 Å². The highest BCUT2D eigenvalue weighted by atomic mass is 14.2. The fourth-order valence-corrected chi connectivity index (χ4v) is 1.64. The summed E-state index contributed by atoms with van der Waals surface area (Å²) in [6.07, 6.45) is 3.24. The molecule has 0 radical (unpaired) electrons. The first-order valence-electron chi connectivity index (χ1n) is 5.16. The molecule has 0 saturated heterocycles. The zero-order valence-corrected chi connectivity index (χ0v) is 9.72. The molecule has 0 aliphatic heterocycles. The van der Waals surface area contributed by atoms with E-state index in [0.717, 1.165) is 11.6 Å². The summed E-state index contributed by atoms with van der Waals surface area (Å²) in [6, 6.07) is 6.53. The zero-order chi connectivity index (χ0) is 10.8. The van der Waals surface area contributed by atoms with Crippen molar-refractivity contribution in [2.75, 3.05) is 0 Å². The van der Waals surface area contributed by atoms with Crippen LogP contribution in [0.15, 0.2) is 18.2 Å². The number of hydrogen-bond donors (Lipinski definition) is 0. The minimum atomic E-state index is 0.355. The van der Waals surface area contributed by atoms with Crippen LogP contribution in [0.4, 0.5) is 0 Å². The third-order valence-corrected chi connectivity index (χ3v) is 2.26. The normalized spacial score (nSPS) is 13.3. The molecule has 1 rings (SSSR count). The van der Waals surface area contributed by atoms with E-state index in [9.17, 15) is 0 Å². The summed E-state index contributed by atoms with van der Waals surface area (Å²) < 4.78 is 0. The van der Waals surface area contributed by atoms with E-state index in [-0.39, 0.29) is 0 Å². The van der Waals surface area contributed by atoms with Gasteiger partial charge in [-0.25, -0.2) is 0 Å². The van der Waals surface area contributed by atoms with Crippen LogP contribution >= 0.6 is 0 Å². The Kier molecular flexibility index (Phi) is 3.15. The molecule has 14 heavy (non-hydrogen) atoms.